The first-order valence-electron chi connectivity index (χ1n) is 8.00. The minimum atomic E-state index is -1.39. The highest BCUT2D eigenvalue weighted by atomic mass is 16.5. The highest BCUT2D eigenvalue weighted by Gasteiger charge is 2.26. The van der Waals surface area contributed by atoms with Crippen LogP contribution in [0.25, 0.3) is 0 Å². The van der Waals surface area contributed by atoms with Crippen LogP contribution in [-0.2, 0) is 0 Å². The molecule has 0 unspecified atom stereocenters. The molecule has 0 radical (unpaired) electrons. The smallest absolute Gasteiger partial charge is 0.171 e. The molecule has 0 heterocycles. The molecule has 1 rings (SSSR count). The van der Waals surface area contributed by atoms with E-state index in [1.807, 2.05) is 25.2 Å². The first-order chi connectivity index (χ1) is 10.2. The van der Waals surface area contributed by atoms with Crippen LogP contribution in [0.5, 0.6) is 0 Å². The van der Waals surface area contributed by atoms with Gasteiger partial charge in [0, 0.05) is 0 Å². The van der Waals surface area contributed by atoms with Gasteiger partial charge in [-0.25, -0.2) is 0 Å². The van der Waals surface area contributed by atoms with Gasteiger partial charge in [-0.05, 0) is 57.1 Å². The van der Waals surface area contributed by atoms with E-state index in [0.717, 1.165) is 5.57 Å². The Labute approximate surface area is 135 Å². The second-order valence-corrected chi connectivity index (χ2v) is 6.86. The number of hydrogen-bond donors (Lipinski definition) is 2. The number of allylic oxidation sites excluding steroid dienone is 9. The molecule has 0 fully saturated rings. The molecule has 2 nitrogen and oxygen atoms in total. The molecule has 2 heteroatoms. The molecule has 0 aromatic rings. The van der Waals surface area contributed by atoms with Crippen LogP contribution >= 0.6 is 0 Å². The summed E-state index contributed by atoms with van der Waals surface area (Å²) < 4.78 is 0. The van der Waals surface area contributed by atoms with E-state index in [1.54, 1.807) is 0 Å². The maximum absolute atomic E-state index is 8.85. The molecule has 22 heavy (non-hydrogen) atoms. The predicted molar refractivity (Wildman–Crippen MR) is 94.4 cm³/mol. The third-order valence-electron chi connectivity index (χ3n) is 4.19. The van der Waals surface area contributed by atoms with Crippen molar-refractivity contribution in [1.82, 2.24) is 0 Å². The molecular formula is C20H30O2. The van der Waals surface area contributed by atoms with Crippen LogP contribution in [0.2, 0.25) is 0 Å². The number of aliphatic hydroxyl groups is 2. The van der Waals surface area contributed by atoms with Crippen LogP contribution < -0.4 is 0 Å². The molecule has 0 amide bonds. The Morgan fingerprint density at radius 1 is 1.14 bits per heavy atom. The van der Waals surface area contributed by atoms with Gasteiger partial charge in [-0.15, -0.1) is 0 Å². The zero-order chi connectivity index (χ0) is 16.8. The zero-order valence-corrected chi connectivity index (χ0v) is 14.6. The fraction of sp³-hybridized carbons (Fsp3) is 0.500. The summed E-state index contributed by atoms with van der Waals surface area (Å²) in [4.78, 5) is 0. The lowest BCUT2D eigenvalue weighted by Gasteiger charge is -2.32. The topological polar surface area (TPSA) is 40.5 Å². The van der Waals surface area contributed by atoms with E-state index >= 15 is 0 Å². The standard InChI is InChI=1S/C20H30O2/c1-15(8-6-9-16(2)14-19(21)22)11-12-18-17(3)10-7-13-20(18,4)5/h6,8-9,11-12,14,19,21-22H,7,10,13H2,1-5H3. The summed E-state index contributed by atoms with van der Waals surface area (Å²) in [6.45, 7) is 10.8. The number of hydrogen-bond acceptors (Lipinski definition) is 2. The summed E-state index contributed by atoms with van der Waals surface area (Å²) in [5, 5.41) is 17.7. The third-order valence-corrected chi connectivity index (χ3v) is 4.19. The summed E-state index contributed by atoms with van der Waals surface area (Å²) in [6.07, 6.45) is 14.0. The second kappa shape index (κ2) is 8.30. The average Bonchev–Trinajstić information content (AvgIpc) is 2.36. The molecule has 1 aliphatic carbocycles. The molecule has 0 aromatic carbocycles. The van der Waals surface area contributed by atoms with Crippen molar-refractivity contribution in [1.29, 1.82) is 0 Å². The largest absolute Gasteiger partial charge is 0.365 e. The Morgan fingerprint density at radius 3 is 2.41 bits per heavy atom. The van der Waals surface area contributed by atoms with Gasteiger partial charge in [0.15, 0.2) is 6.29 Å². The first-order valence-corrected chi connectivity index (χ1v) is 8.00. The lowest BCUT2D eigenvalue weighted by Crippen LogP contribution is -2.19. The lowest BCUT2D eigenvalue weighted by atomic mass is 9.72. The molecular weight excluding hydrogens is 272 g/mol. The molecule has 0 saturated heterocycles. The van der Waals surface area contributed by atoms with Crippen molar-refractivity contribution in [2.24, 2.45) is 5.41 Å². The van der Waals surface area contributed by atoms with Gasteiger partial charge < -0.3 is 10.2 Å². The Bertz CT molecular complexity index is 526. The normalized spacial score (nSPS) is 20.7. The Kier molecular flexibility index (Phi) is 7.05. The number of aliphatic hydroxyl groups excluding tert-OH is 1. The van der Waals surface area contributed by atoms with Gasteiger partial charge in [-0.3, -0.25) is 0 Å². The van der Waals surface area contributed by atoms with Crippen molar-refractivity contribution in [3.05, 3.63) is 58.7 Å². The molecule has 2 N–H and O–H groups in total. The quantitative estimate of drug-likeness (QED) is 0.564. The molecule has 0 bridgehead atoms. The van der Waals surface area contributed by atoms with E-state index in [1.165, 1.54) is 42.1 Å². The molecule has 0 saturated carbocycles. The van der Waals surface area contributed by atoms with Gasteiger partial charge in [-0.2, -0.15) is 0 Å². The van der Waals surface area contributed by atoms with E-state index < -0.39 is 6.29 Å². The maximum Gasteiger partial charge on any atom is 0.171 e. The van der Waals surface area contributed by atoms with Crippen molar-refractivity contribution in [2.75, 3.05) is 0 Å². The Hall–Kier alpha value is -1.38. The van der Waals surface area contributed by atoms with Crippen LogP contribution in [-0.4, -0.2) is 16.5 Å². The van der Waals surface area contributed by atoms with E-state index in [0.29, 0.717) is 0 Å². The van der Waals surface area contributed by atoms with Crippen LogP contribution in [0, 0.1) is 5.41 Å². The van der Waals surface area contributed by atoms with Crippen molar-refractivity contribution in [3.63, 3.8) is 0 Å². The summed E-state index contributed by atoms with van der Waals surface area (Å²) in [7, 11) is 0. The van der Waals surface area contributed by atoms with Crippen molar-refractivity contribution < 1.29 is 10.2 Å². The molecule has 1 aliphatic rings. The predicted octanol–water partition coefficient (Wildman–Crippen LogP) is 4.83. The fourth-order valence-corrected chi connectivity index (χ4v) is 2.92. The zero-order valence-electron chi connectivity index (χ0n) is 14.6. The minimum absolute atomic E-state index is 0.269. The molecule has 0 aromatic heterocycles. The van der Waals surface area contributed by atoms with E-state index in [2.05, 4.69) is 39.8 Å². The van der Waals surface area contributed by atoms with Crippen molar-refractivity contribution in [3.8, 4) is 0 Å². The summed E-state index contributed by atoms with van der Waals surface area (Å²) in [6, 6.07) is 0. The van der Waals surface area contributed by atoms with Crippen LogP contribution in [0.4, 0.5) is 0 Å². The van der Waals surface area contributed by atoms with Crippen molar-refractivity contribution >= 4 is 0 Å². The second-order valence-electron chi connectivity index (χ2n) is 6.86. The van der Waals surface area contributed by atoms with Gasteiger partial charge in [0.05, 0.1) is 0 Å². The van der Waals surface area contributed by atoms with Crippen LogP contribution in [0.3, 0.4) is 0 Å². The highest BCUT2D eigenvalue weighted by molar-refractivity contribution is 5.37. The number of rotatable bonds is 5. The molecule has 0 atom stereocenters. The SMILES string of the molecule is CC(C=CC1=C(C)CCCC1(C)C)=CC=CC(C)=CC(O)O. The van der Waals surface area contributed by atoms with Gasteiger partial charge in [0.1, 0.15) is 0 Å². The Balaban J connectivity index is 2.77. The highest BCUT2D eigenvalue weighted by Crippen LogP contribution is 2.40. The van der Waals surface area contributed by atoms with Gasteiger partial charge in [0.25, 0.3) is 0 Å². The minimum Gasteiger partial charge on any atom is -0.365 e. The monoisotopic (exact) mass is 302 g/mol. The summed E-state index contributed by atoms with van der Waals surface area (Å²) >= 11 is 0. The van der Waals surface area contributed by atoms with E-state index in [-0.39, 0.29) is 5.41 Å². The molecule has 122 valence electrons. The molecule has 0 spiro atoms. The first kappa shape index (κ1) is 18.7. The Morgan fingerprint density at radius 2 is 1.82 bits per heavy atom. The molecule has 0 aliphatic heterocycles. The third kappa shape index (κ3) is 6.17. The van der Waals surface area contributed by atoms with Gasteiger partial charge in [0.2, 0.25) is 0 Å². The average molecular weight is 302 g/mol. The van der Waals surface area contributed by atoms with Gasteiger partial charge in [-0.1, -0.05) is 60.9 Å². The summed E-state index contributed by atoms with van der Waals surface area (Å²) in [5.41, 5.74) is 5.25. The van der Waals surface area contributed by atoms with Crippen LogP contribution in [0.1, 0.15) is 53.9 Å². The van der Waals surface area contributed by atoms with E-state index in [9.17, 15) is 0 Å². The fourth-order valence-electron chi connectivity index (χ4n) is 2.92. The summed E-state index contributed by atoms with van der Waals surface area (Å²) in [5.74, 6) is 0. The van der Waals surface area contributed by atoms with Gasteiger partial charge >= 0.3 is 0 Å². The van der Waals surface area contributed by atoms with Crippen molar-refractivity contribution in [2.45, 2.75) is 60.2 Å². The maximum atomic E-state index is 8.85. The lowest BCUT2D eigenvalue weighted by molar-refractivity contribution is 0.00192. The van der Waals surface area contributed by atoms with E-state index in [4.69, 9.17) is 10.2 Å². The van der Waals surface area contributed by atoms with Crippen LogP contribution in [0.15, 0.2) is 58.7 Å².